The van der Waals surface area contributed by atoms with E-state index in [4.69, 9.17) is 17.3 Å². The summed E-state index contributed by atoms with van der Waals surface area (Å²) in [5, 5.41) is 0.141. The first-order valence-electron chi connectivity index (χ1n) is 7.08. The second-order valence-electron chi connectivity index (χ2n) is 6.40. The molecule has 2 aromatic rings. The summed E-state index contributed by atoms with van der Waals surface area (Å²) in [6.45, 7) is 6.51. The van der Waals surface area contributed by atoms with Gasteiger partial charge < -0.3 is 5.73 Å². The van der Waals surface area contributed by atoms with Crippen LogP contribution in [-0.4, -0.2) is 0 Å². The Kier molecular flexibility index (Phi) is 4.70. The molecule has 2 N–H and O–H groups in total. The second kappa shape index (κ2) is 6.17. The molecule has 0 radical (unpaired) electrons. The molecule has 0 fully saturated rings. The summed E-state index contributed by atoms with van der Waals surface area (Å²) in [6, 6.07) is 13.0. The van der Waals surface area contributed by atoms with E-state index >= 15 is 0 Å². The Morgan fingerprint density at radius 1 is 1.10 bits per heavy atom. The molecule has 0 heterocycles. The molecule has 0 spiro atoms. The van der Waals surface area contributed by atoms with E-state index in [0.717, 1.165) is 5.56 Å². The molecular weight excluding hydrogens is 285 g/mol. The molecule has 0 aliphatic heterocycles. The van der Waals surface area contributed by atoms with Gasteiger partial charge in [0.05, 0.1) is 5.02 Å². The van der Waals surface area contributed by atoms with Crippen molar-refractivity contribution in [3.8, 4) is 0 Å². The van der Waals surface area contributed by atoms with Gasteiger partial charge in [-0.3, -0.25) is 0 Å². The largest absolute Gasteiger partial charge is 0.324 e. The van der Waals surface area contributed by atoms with Crippen LogP contribution in [0, 0.1) is 5.82 Å². The number of hydrogen-bond donors (Lipinski definition) is 1. The van der Waals surface area contributed by atoms with Crippen molar-refractivity contribution in [3.63, 3.8) is 0 Å². The van der Waals surface area contributed by atoms with Gasteiger partial charge in [-0.25, -0.2) is 4.39 Å². The SMILES string of the molecule is CC(C)(C)c1ccc(C(N)Cc2cccc(Cl)c2F)cc1. The Bertz CT molecular complexity index is 614. The molecule has 0 saturated heterocycles. The van der Waals surface area contributed by atoms with Crippen LogP contribution in [-0.2, 0) is 11.8 Å². The highest BCUT2D eigenvalue weighted by Gasteiger charge is 2.15. The lowest BCUT2D eigenvalue weighted by Crippen LogP contribution is -2.15. The van der Waals surface area contributed by atoms with Crippen molar-refractivity contribution in [1.29, 1.82) is 0 Å². The van der Waals surface area contributed by atoms with Gasteiger partial charge in [0.25, 0.3) is 0 Å². The van der Waals surface area contributed by atoms with Gasteiger partial charge in [0.2, 0.25) is 0 Å². The van der Waals surface area contributed by atoms with Crippen LogP contribution in [0.5, 0.6) is 0 Å². The van der Waals surface area contributed by atoms with E-state index < -0.39 is 0 Å². The number of nitrogens with two attached hydrogens (primary N) is 1. The molecule has 21 heavy (non-hydrogen) atoms. The smallest absolute Gasteiger partial charge is 0.145 e. The summed E-state index contributed by atoms with van der Waals surface area (Å²) >= 11 is 5.80. The summed E-state index contributed by atoms with van der Waals surface area (Å²) in [6.07, 6.45) is 0.432. The maximum atomic E-state index is 13.9. The van der Waals surface area contributed by atoms with Crippen molar-refractivity contribution in [2.75, 3.05) is 0 Å². The minimum atomic E-state index is -0.374. The van der Waals surface area contributed by atoms with Gasteiger partial charge in [-0.05, 0) is 34.6 Å². The van der Waals surface area contributed by atoms with E-state index in [1.54, 1.807) is 18.2 Å². The fraction of sp³-hybridized carbons (Fsp3) is 0.333. The predicted octanol–water partition coefficient (Wildman–Crippen LogP) is 5.02. The van der Waals surface area contributed by atoms with Gasteiger partial charge in [0.15, 0.2) is 0 Å². The molecule has 0 amide bonds. The fourth-order valence-corrected chi connectivity index (χ4v) is 2.49. The molecule has 0 aliphatic rings. The summed E-state index contributed by atoms with van der Waals surface area (Å²) in [7, 11) is 0. The highest BCUT2D eigenvalue weighted by Crippen LogP contribution is 2.26. The average Bonchev–Trinajstić information content (AvgIpc) is 2.43. The lowest BCUT2D eigenvalue weighted by molar-refractivity contribution is 0.586. The average molecular weight is 306 g/mol. The van der Waals surface area contributed by atoms with Gasteiger partial charge in [0.1, 0.15) is 5.82 Å². The third kappa shape index (κ3) is 3.84. The van der Waals surface area contributed by atoms with Crippen LogP contribution in [0.1, 0.15) is 43.5 Å². The standard InChI is InChI=1S/C18H21ClFN/c1-18(2,3)14-9-7-12(8-10-14)16(21)11-13-5-4-6-15(19)17(13)20/h4-10,16H,11,21H2,1-3H3. The van der Waals surface area contributed by atoms with Gasteiger partial charge in [-0.1, -0.05) is 68.8 Å². The van der Waals surface area contributed by atoms with Gasteiger partial charge in [-0.15, -0.1) is 0 Å². The maximum Gasteiger partial charge on any atom is 0.145 e. The van der Waals surface area contributed by atoms with Crippen molar-refractivity contribution in [1.82, 2.24) is 0 Å². The molecule has 0 aliphatic carbocycles. The quantitative estimate of drug-likeness (QED) is 0.846. The number of hydrogen-bond acceptors (Lipinski definition) is 1. The molecule has 1 atom stereocenters. The van der Waals surface area contributed by atoms with Gasteiger partial charge in [0, 0.05) is 6.04 Å². The zero-order chi connectivity index (χ0) is 15.6. The lowest BCUT2D eigenvalue weighted by Gasteiger charge is -2.20. The maximum absolute atomic E-state index is 13.9. The van der Waals surface area contributed by atoms with Crippen molar-refractivity contribution in [2.45, 2.75) is 38.6 Å². The Labute approximate surface area is 130 Å². The summed E-state index contributed by atoms with van der Waals surface area (Å²) in [5.74, 6) is -0.374. The fourth-order valence-electron chi connectivity index (χ4n) is 2.29. The number of benzene rings is 2. The number of halogens is 2. The van der Waals surface area contributed by atoms with Gasteiger partial charge in [-0.2, -0.15) is 0 Å². The first-order chi connectivity index (χ1) is 9.79. The molecule has 2 aromatic carbocycles. The molecule has 0 bridgehead atoms. The Hall–Kier alpha value is -1.38. The van der Waals surface area contributed by atoms with Crippen LogP contribution in [0.2, 0.25) is 5.02 Å². The van der Waals surface area contributed by atoms with Crippen LogP contribution in [0.25, 0.3) is 0 Å². The number of rotatable bonds is 3. The minimum Gasteiger partial charge on any atom is -0.324 e. The molecule has 1 unspecified atom stereocenters. The second-order valence-corrected chi connectivity index (χ2v) is 6.80. The first kappa shape index (κ1) is 16.0. The Morgan fingerprint density at radius 2 is 1.71 bits per heavy atom. The van der Waals surface area contributed by atoms with Crippen molar-refractivity contribution < 1.29 is 4.39 Å². The highest BCUT2D eigenvalue weighted by molar-refractivity contribution is 6.30. The van der Waals surface area contributed by atoms with E-state index in [0.29, 0.717) is 12.0 Å². The minimum absolute atomic E-state index is 0.113. The van der Waals surface area contributed by atoms with Crippen molar-refractivity contribution in [2.24, 2.45) is 5.73 Å². The Balaban J connectivity index is 2.17. The van der Waals surface area contributed by atoms with Crippen LogP contribution < -0.4 is 5.73 Å². The lowest BCUT2D eigenvalue weighted by atomic mass is 9.86. The van der Waals surface area contributed by atoms with E-state index in [1.807, 2.05) is 12.1 Å². The molecule has 0 saturated carbocycles. The molecular formula is C18H21ClFN. The molecule has 0 aromatic heterocycles. The van der Waals surface area contributed by atoms with Crippen molar-refractivity contribution in [3.05, 3.63) is 70.0 Å². The van der Waals surface area contributed by atoms with Gasteiger partial charge >= 0.3 is 0 Å². The zero-order valence-electron chi connectivity index (χ0n) is 12.7. The normalized spacial score (nSPS) is 13.2. The van der Waals surface area contributed by atoms with Crippen molar-refractivity contribution >= 4 is 11.6 Å². The van der Waals surface area contributed by atoms with E-state index in [1.165, 1.54) is 5.56 Å². The Morgan fingerprint density at radius 3 is 2.29 bits per heavy atom. The molecule has 2 rings (SSSR count). The molecule has 112 valence electrons. The van der Waals surface area contributed by atoms with Crippen LogP contribution >= 0.6 is 11.6 Å². The predicted molar refractivity (Wildman–Crippen MR) is 87.2 cm³/mol. The van der Waals surface area contributed by atoms with E-state index in [-0.39, 0.29) is 22.3 Å². The summed E-state index contributed by atoms with van der Waals surface area (Å²) < 4.78 is 13.9. The topological polar surface area (TPSA) is 26.0 Å². The monoisotopic (exact) mass is 305 g/mol. The first-order valence-corrected chi connectivity index (χ1v) is 7.46. The third-order valence-electron chi connectivity index (χ3n) is 3.68. The van der Waals surface area contributed by atoms with Crippen LogP contribution in [0.15, 0.2) is 42.5 Å². The molecule has 3 heteroatoms. The van der Waals surface area contributed by atoms with E-state index in [9.17, 15) is 4.39 Å². The summed E-state index contributed by atoms with van der Waals surface area (Å²) in [5.41, 5.74) is 9.12. The van der Waals surface area contributed by atoms with Crippen LogP contribution in [0.4, 0.5) is 4.39 Å². The van der Waals surface area contributed by atoms with E-state index in [2.05, 4.69) is 32.9 Å². The summed E-state index contributed by atoms with van der Waals surface area (Å²) in [4.78, 5) is 0. The zero-order valence-corrected chi connectivity index (χ0v) is 13.4. The third-order valence-corrected chi connectivity index (χ3v) is 3.97. The van der Waals surface area contributed by atoms with Crippen LogP contribution in [0.3, 0.4) is 0 Å². The molecule has 1 nitrogen and oxygen atoms in total. The highest BCUT2D eigenvalue weighted by atomic mass is 35.5.